The fraction of sp³-hybridized carbons (Fsp3) is 0.467. The molecule has 1 aromatic rings. The predicted molar refractivity (Wildman–Crippen MR) is 71.3 cm³/mol. The first-order chi connectivity index (χ1) is 8.86. The van der Waals surface area contributed by atoms with E-state index < -0.39 is 0 Å². The molecular formula is C15H20O3. The predicted octanol–water partition coefficient (Wildman–Crippen LogP) is 3.60. The minimum absolute atomic E-state index is 0.263. The van der Waals surface area contributed by atoms with E-state index in [2.05, 4.69) is 19.1 Å². The molecule has 0 aliphatic carbocycles. The van der Waals surface area contributed by atoms with Crippen LogP contribution in [0, 0.1) is 0 Å². The van der Waals surface area contributed by atoms with E-state index in [-0.39, 0.29) is 13.1 Å². The first-order valence-corrected chi connectivity index (χ1v) is 6.52. The van der Waals surface area contributed by atoms with Gasteiger partial charge in [0, 0.05) is 17.7 Å². The fourth-order valence-corrected chi connectivity index (χ4v) is 1.94. The number of hydrogen-bond donors (Lipinski definition) is 0. The van der Waals surface area contributed by atoms with Gasteiger partial charge in [0.05, 0.1) is 0 Å². The first-order valence-electron chi connectivity index (χ1n) is 6.52. The lowest BCUT2D eigenvalue weighted by Gasteiger charge is -2.13. The second-order valence-corrected chi connectivity index (χ2v) is 4.17. The van der Waals surface area contributed by atoms with Gasteiger partial charge >= 0.3 is 0 Å². The van der Waals surface area contributed by atoms with Gasteiger partial charge < -0.3 is 14.2 Å². The van der Waals surface area contributed by atoms with Gasteiger partial charge in [-0.25, -0.2) is 0 Å². The summed E-state index contributed by atoms with van der Waals surface area (Å²) in [4.78, 5) is 0. The average Bonchev–Trinajstić information content (AvgIpc) is 2.74. The summed E-state index contributed by atoms with van der Waals surface area (Å²) in [7, 11) is 0. The second kappa shape index (κ2) is 6.57. The summed E-state index contributed by atoms with van der Waals surface area (Å²) in [6.07, 6.45) is 4.01. The summed E-state index contributed by atoms with van der Waals surface area (Å²) >= 11 is 0. The minimum atomic E-state index is -0.333. The van der Waals surface area contributed by atoms with Crippen molar-refractivity contribution < 1.29 is 14.2 Å². The molecule has 3 nitrogen and oxygen atoms in total. The van der Waals surface area contributed by atoms with Crippen molar-refractivity contribution in [2.75, 3.05) is 13.4 Å². The van der Waals surface area contributed by atoms with Crippen LogP contribution in [0.1, 0.15) is 32.3 Å². The molecule has 0 N–H and O–H groups in total. The van der Waals surface area contributed by atoms with Crippen LogP contribution < -0.4 is 4.74 Å². The van der Waals surface area contributed by atoms with Gasteiger partial charge in [0.1, 0.15) is 5.75 Å². The van der Waals surface area contributed by atoms with E-state index in [1.54, 1.807) is 0 Å². The van der Waals surface area contributed by atoms with Crippen molar-refractivity contribution in [3.63, 3.8) is 0 Å². The number of para-hydroxylation sites is 1. The van der Waals surface area contributed by atoms with Gasteiger partial charge in [0.2, 0.25) is 6.29 Å². The number of fused-ring (bicyclic) bond motifs is 1. The highest BCUT2D eigenvalue weighted by Crippen LogP contribution is 2.38. The lowest BCUT2D eigenvalue weighted by atomic mass is 10.1. The Balaban J connectivity index is 2.12. The smallest absolute Gasteiger partial charge is 0.229 e. The maximum Gasteiger partial charge on any atom is 0.229 e. The van der Waals surface area contributed by atoms with Crippen LogP contribution in [-0.2, 0) is 9.47 Å². The molecule has 0 saturated heterocycles. The van der Waals surface area contributed by atoms with Gasteiger partial charge in [0.15, 0.2) is 6.79 Å². The van der Waals surface area contributed by atoms with Crippen molar-refractivity contribution >= 4 is 5.57 Å². The highest BCUT2D eigenvalue weighted by atomic mass is 16.7. The molecule has 0 fully saturated rings. The Labute approximate surface area is 108 Å². The third-order valence-electron chi connectivity index (χ3n) is 2.85. The molecule has 0 spiro atoms. The van der Waals surface area contributed by atoms with Crippen LogP contribution in [0.5, 0.6) is 5.75 Å². The molecule has 2 rings (SSSR count). The number of allylic oxidation sites excluding steroid dienone is 1. The molecule has 0 amide bonds. The Bertz CT molecular complexity index is 412. The van der Waals surface area contributed by atoms with Crippen LogP contribution in [-0.4, -0.2) is 19.7 Å². The van der Waals surface area contributed by atoms with Gasteiger partial charge in [0.25, 0.3) is 0 Å². The van der Waals surface area contributed by atoms with E-state index in [9.17, 15) is 0 Å². The Morgan fingerprint density at radius 3 is 2.89 bits per heavy atom. The zero-order chi connectivity index (χ0) is 12.8. The molecular weight excluding hydrogens is 228 g/mol. The third-order valence-corrected chi connectivity index (χ3v) is 2.85. The monoisotopic (exact) mass is 248 g/mol. The molecule has 18 heavy (non-hydrogen) atoms. The highest BCUT2D eigenvalue weighted by molar-refractivity contribution is 5.76. The van der Waals surface area contributed by atoms with Gasteiger partial charge in [-0.15, -0.1) is 0 Å². The van der Waals surface area contributed by atoms with Crippen LogP contribution >= 0.6 is 0 Å². The number of ether oxygens (including phenoxy) is 3. The largest absolute Gasteiger partial charge is 0.460 e. The lowest BCUT2D eigenvalue weighted by Crippen LogP contribution is -2.18. The first kappa shape index (κ1) is 13.1. The van der Waals surface area contributed by atoms with Gasteiger partial charge in [-0.2, -0.15) is 0 Å². The van der Waals surface area contributed by atoms with Crippen LogP contribution in [0.15, 0.2) is 30.3 Å². The van der Waals surface area contributed by atoms with Crippen LogP contribution in [0.25, 0.3) is 5.57 Å². The minimum Gasteiger partial charge on any atom is -0.460 e. The summed E-state index contributed by atoms with van der Waals surface area (Å²) in [5, 5.41) is 0. The highest BCUT2D eigenvalue weighted by Gasteiger charge is 2.28. The van der Waals surface area contributed by atoms with Crippen molar-refractivity contribution in [1.82, 2.24) is 0 Å². The molecule has 0 radical (unpaired) electrons. The van der Waals surface area contributed by atoms with E-state index in [1.165, 1.54) is 0 Å². The molecule has 0 aromatic heterocycles. The van der Waals surface area contributed by atoms with Crippen molar-refractivity contribution in [2.24, 2.45) is 0 Å². The molecule has 0 bridgehead atoms. The van der Waals surface area contributed by atoms with E-state index in [0.29, 0.717) is 6.61 Å². The van der Waals surface area contributed by atoms with E-state index >= 15 is 0 Å². The maximum atomic E-state index is 5.79. The standard InChI is InChI=1S/C15H20O3/c1-3-5-8-13-12-9-6-7-10-14(12)18-15(13)17-11-16-4-2/h6-10,15H,3-5,11H2,1-2H3/b13-8-. The van der Waals surface area contributed by atoms with Gasteiger partial charge in [-0.1, -0.05) is 37.6 Å². The zero-order valence-electron chi connectivity index (χ0n) is 11.0. The van der Waals surface area contributed by atoms with Crippen molar-refractivity contribution in [2.45, 2.75) is 33.0 Å². The normalized spacial score (nSPS) is 19.9. The molecule has 1 aliphatic rings. The maximum absolute atomic E-state index is 5.79. The molecule has 98 valence electrons. The van der Waals surface area contributed by atoms with Crippen molar-refractivity contribution in [3.05, 3.63) is 35.9 Å². The Morgan fingerprint density at radius 2 is 2.11 bits per heavy atom. The van der Waals surface area contributed by atoms with E-state index in [1.807, 2.05) is 25.1 Å². The van der Waals surface area contributed by atoms with Crippen molar-refractivity contribution in [3.8, 4) is 5.75 Å². The molecule has 1 unspecified atom stereocenters. The third kappa shape index (κ3) is 2.92. The van der Waals surface area contributed by atoms with Crippen LogP contribution in [0.2, 0.25) is 0 Å². The van der Waals surface area contributed by atoms with Crippen LogP contribution in [0.3, 0.4) is 0 Å². The quantitative estimate of drug-likeness (QED) is 0.568. The summed E-state index contributed by atoms with van der Waals surface area (Å²) < 4.78 is 16.6. The SMILES string of the molecule is CCC/C=C1/c2ccccc2OC1OCOCC. The summed E-state index contributed by atoms with van der Waals surface area (Å²) in [5.74, 6) is 0.890. The number of unbranched alkanes of at least 4 members (excludes halogenated alkanes) is 1. The molecule has 0 saturated carbocycles. The van der Waals surface area contributed by atoms with Gasteiger partial charge in [-0.05, 0) is 19.4 Å². The molecule has 1 heterocycles. The number of rotatable bonds is 6. The van der Waals surface area contributed by atoms with Gasteiger partial charge in [-0.3, -0.25) is 0 Å². The number of benzene rings is 1. The average molecular weight is 248 g/mol. The van der Waals surface area contributed by atoms with Crippen LogP contribution in [0.4, 0.5) is 0 Å². The van der Waals surface area contributed by atoms with E-state index in [0.717, 1.165) is 29.7 Å². The summed E-state index contributed by atoms with van der Waals surface area (Å²) in [6, 6.07) is 8.04. The summed E-state index contributed by atoms with van der Waals surface area (Å²) in [6.45, 7) is 5.02. The topological polar surface area (TPSA) is 27.7 Å². The second-order valence-electron chi connectivity index (χ2n) is 4.17. The number of hydrogen-bond acceptors (Lipinski definition) is 3. The Hall–Kier alpha value is -1.32. The molecule has 1 atom stereocenters. The zero-order valence-corrected chi connectivity index (χ0v) is 11.0. The molecule has 1 aromatic carbocycles. The Kier molecular flexibility index (Phi) is 4.79. The van der Waals surface area contributed by atoms with Crippen molar-refractivity contribution in [1.29, 1.82) is 0 Å². The fourth-order valence-electron chi connectivity index (χ4n) is 1.94. The lowest BCUT2D eigenvalue weighted by molar-refractivity contribution is -0.124. The van der Waals surface area contributed by atoms with E-state index in [4.69, 9.17) is 14.2 Å². The Morgan fingerprint density at radius 1 is 1.28 bits per heavy atom. The molecule has 3 heteroatoms. The molecule has 1 aliphatic heterocycles. The summed E-state index contributed by atoms with van der Waals surface area (Å²) in [5.41, 5.74) is 2.25.